The number of hydrogen-bond donors (Lipinski definition) is 1. The zero-order valence-corrected chi connectivity index (χ0v) is 14.4. The van der Waals surface area contributed by atoms with Gasteiger partial charge in [-0.2, -0.15) is 4.37 Å². The number of nitrogens with zero attached hydrogens (tertiary/aromatic N) is 2. The van der Waals surface area contributed by atoms with Gasteiger partial charge >= 0.3 is 0 Å². The van der Waals surface area contributed by atoms with Crippen molar-refractivity contribution in [2.24, 2.45) is 0 Å². The number of nitrogens with one attached hydrogen (secondary N) is 1. The molecule has 21 heavy (non-hydrogen) atoms. The Hall–Kier alpha value is -1.47. The van der Waals surface area contributed by atoms with Crippen molar-refractivity contribution in [3.8, 4) is 0 Å². The lowest BCUT2D eigenvalue weighted by molar-refractivity contribution is 0.600. The molecule has 1 heterocycles. The van der Waals surface area contributed by atoms with Crippen molar-refractivity contribution in [2.75, 3.05) is 4.72 Å². The van der Waals surface area contributed by atoms with Gasteiger partial charge in [-0.3, -0.25) is 4.72 Å². The summed E-state index contributed by atoms with van der Waals surface area (Å²) >= 11 is 1.06. The lowest BCUT2D eigenvalue weighted by Crippen LogP contribution is -2.16. The summed E-state index contributed by atoms with van der Waals surface area (Å²) in [6.07, 6.45) is 0. The van der Waals surface area contributed by atoms with E-state index in [2.05, 4.69) is 14.1 Å². The number of hydrogen-bond acceptors (Lipinski definition) is 5. The minimum absolute atomic E-state index is 0.169. The van der Waals surface area contributed by atoms with Crippen molar-refractivity contribution in [1.82, 2.24) is 9.36 Å². The number of benzene rings is 1. The van der Waals surface area contributed by atoms with Crippen molar-refractivity contribution in [3.05, 3.63) is 34.6 Å². The van der Waals surface area contributed by atoms with E-state index in [0.29, 0.717) is 15.9 Å². The van der Waals surface area contributed by atoms with Crippen LogP contribution < -0.4 is 4.72 Å². The molecular formula is C14H19N3O2S2. The van der Waals surface area contributed by atoms with Crippen LogP contribution in [0, 0.1) is 20.8 Å². The van der Waals surface area contributed by atoms with Crippen LogP contribution in [0.5, 0.6) is 0 Å². The number of aromatic nitrogens is 2. The average molecular weight is 325 g/mol. The summed E-state index contributed by atoms with van der Waals surface area (Å²) in [5.74, 6) is 0.817. The van der Waals surface area contributed by atoms with Crippen LogP contribution in [0.1, 0.15) is 42.3 Å². The average Bonchev–Trinajstić information content (AvgIpc) is 2.74. The summed E-state index contributed by atoms with van der Waals surface area (Å²) in [6.45, 7) is 9.48. The Balaban J connectivity index is 2.38. The molecule has 0 saturated heterocycles. The summed E-state index contributed by atoms with van der Waals surface area (Å²) in [5, 5.41) is 0.304. The molecule has 0 fully saturated rings. The molecule has 0 saturated carbocycles. The Morgan fingerprint density at radius 2 is 1.71 bits per heavy atom. The quantitative estimate of drug-likeness (QED) is 0.935. The second-order valence-electron chi connectivity index (χ2n) is 5.45. The number of rotatable bonds is 4. The summed E-state index contributed by atoms with van der Waals surface area (Å²) in [6, 6.07) is 3.72. The molecule has 0 aliphatic carbocycles. The third kappa shape index (κ3) is 3.41. The highest BCUT2D eigenvalue weighted by Crippen LogP contribution is 2.25. The lowest BCUT2D eigenvalue weighted by atomic mass is 10.1. The van der Waals surface area contributed by atoms with E-state index < -0.39 is 10.0 Å². The van der Waals surface area contributed by atoms with Gasteiger partial charge in [0.25, 0.3) is 10.0 Å². The lowest BCUT2D eigenvalue weighted by Gasteiger charge is -2.12. The highest BCUT2D eigenvalue weighted by atomic mass is 32.2. The molecule has 0 aliphatic rings. The zero-order chi connectivity index (χ0) is 15.8. The summed E-state index contributed by atoms with van der Waals surface area (Å²) < 4.78 is 31.8. The van der Waals surface area contributed by atoms with Crippen molar-refractivity contribution in [1.29, 1.82) is 0 Å². The van der Waals surface area contributed by atoms with Crippen molar-refractivity contribution in [3.63, 3.8) is 0 Å². The molecule has 1 aromatic carbocycles. The molecule has 2 rings (SSSR count). The first-order chi connectivity index (χ1) is 9.70. The third-order valence-electron chi connectivity index (χ3n) is 3.05. The Kier molecular flexibility index (Phi) is 4.34. The fourth-order valence-electron chi connectivity index (χ4n) is 2.27. The van der Waals surface area contributed by atoms with E-state index in [1.165, 1.54) is 0 Å². The predicted octanol–water partition coefficient (Wildman–Crippen LogP) is 3.39. The molecule has 1 N–H and O–H groups in total. The molecule has 2 aromatic rings. The van der Waals surface area contributed by atoms with Gasteiger partial charge in [-0.15, -0.1) is 0 Å². The van der Waals surface area contributed by atoms with Gasteiger partial charge in [-0.25, -0.2) is 13.4 Å². The molecular weight excluding hydrogens is 306 g/mol. The molecule has 0 bridgehead atoms. The van der Waals surface area contributed by atoms with Gasteiger partial charge in [0.2, 0.25) is 5.13 Å². The number of anilines is 1. The van der Waals surface area contributed by atoms with Crippen molar-refractivity contribution < 1.29 is 8.42 Å². The van der Waals surface area contributed by atoms with Crippen LogP contribution in [0.15, 0.2) is 17.0 Å². The van der Waals surface area contributed by atoms with Crippen LogP contribution in [0.2, 0.25) is 0 Å². The van der Waals surface area contributed by atoms with Crippen LogP contribution in [-0.4, -0.2) is 17.8 Å². The van der Waals surface area contributed by atoms with Gasteiger partial charge in [0.15, 0.2) is 0 Å². The molecule has 0 unspecified atom stereocenters. The Morgan fingerprint density at radius 1 is 1.14 bits per heavy atom. The smallest absolute Gasteiger partial charge is 0.253 e. The van der Waals surface area contributed by atoms with E-state index in [9.17, 15) is 8.42 Å². The summed E-state index contributed by atoms with van der Waals surface area (Å²) in [7, 11) is -3.65. The monoisotopic (exact) mass is 325 g/mol. The maximum absolute atomic E-state index is 12.6. The molecule has 1 aromatic heterocycles. The second-order valence-corrected chi connectivity index (χ2v) is 7.82. The van der Waals surface area contributed by atoms with Crippen molar-refractivity contribution in [2.45, 2.75) is 45.4 Å². The molecule has 0 spiro atoms. The molecule has 0 amide bonds. The van der Waals surface area contributed by atoms with E-state index >= 15 is 0 Å². The van der Waals surface area contributed by atoms with Gasteiger partial charge in [0.05, 0.1) is 4.90 Å². The molecule has 7 heteroatoms. The van der Waals surface area contributed by atoms with Gasteiger partial charge in [-0.05, 0) is 31.9 Å². The van der Waals surface area contributed by atoms with Crippen LogP contribution in [0.3, 0.4) is 0 Å². The topological polar surface area (TPSA) is 72.0 Å². The highest BCUT2D eigenvalue weighted by Gasteiger charge is 2.22. The SMILES string of the molecule is Cc1cc(C)c(S(=O)(=O)Nc2nc(C(C)C)ns2)c(C)c1. The van der Waals surface area contributed by atoms with Gasteiger partial charge in [0.1, 0.15) is 5.82 Å². The fraction of sp³-hybridized carbons (Fsp3) is 0.429. The molecule has 0 aliphatic heterocycles. The van der Waals surface area contributed by atoms with Gasteiger partial charge in [0, 0.05) is 17.5 Å². The Labute approximate surface area is 129 Å². The number of sulfonamides is 1. The molecule has 0 atom stereocenters. The normalized spacial score (nSPS) is 11.9. The minimum atomic E-state index is -3.65. The first-order valence-electron chi connectivity index (χ1n) is 6.65. The van der Waals surface area contributed by atoms with E-state index in [0.717, 1.165) is 28.2 Å². The second kappa shape index (κ2) is 5.73. The van der Waals surface area contributed by atoms with Crippen LogP contribution in [0.4, 0.5) is 5.13 Å². The maximum Gasteiger partial charge on any atom is 0.264 e. The summed E-state index contributed by atoms with van der Waals surface area (Å²) in [5.41, 5.74) is 2.50. The van der Waals surface area contributed by atoms with Crippen LogP contribution in [0.25, 0.3) is 0 Å². The first kappa shape index (κ1) is 15.9. The van der Waals surface area contributed by atoms with E-state index in [-0.39, 0.29) is 5.92 Å². The summed E-state index contributed by atoms with van der Waals surface area (Å²) in [4.78, 5) is 4.53. The van der Waals surface area contributed by atoms with Crippen LogP contribution >= 0.6 is 11.5 Å². The minimum Gasteiger partial charge on any atom is -0.253 e. The zero-order valence-electron chi connectivity index (χ0n) is 12.8. The Morgan fingerprint density at radius 3 is 2.19 bits per heavy atom. The highest BCUT2D eigenvalue weighted by molar-refractivity contribution is 7.93. The third-order valence-corrected chi connectivity index (χ3v) is 5.47. The predicted molar refractivity (Wildman–Crippen MR) is 85.5 cm³/mol. The van der Waals surface area contributed by atoms with Gasteiger partial charge in [-0.1, -0.05) is 31.5 Å². The first-order valence-corrected chi connectivity index (χ1v) is 8.90. The standard InChI is InChI=1S/C14H19N3O2S2/c1-8(2)13-15-14(20-16-13)17-21(18,19)12-10(4)6-9(3)7-11(12)5/h6-8H,1-5H3,(H,15,16,17). The van der Waals surface area contributed by atoms with E-state index in [1.54, 1.807) is 13.8 Å². The van der Waals surface area contributed by atoms with E-state index in [1.807, 2.05) is 32.9 Å². The van der Waals surface area contributed by atoms with Gasteiger partial charge < -0.3 is 0 Å². The molecule has 114 valence electrons. The number of aryl methyl sites for hydroxylation is 3. The van der Waals surface area contributed by atoms with E-state index in [4.69, 9.17) is 0 Å². The molecule has 5 nitrogen and oxygen atoms in total. The largest absolute Gasteiger partial charge is 0.264 e. The fourth-order valence-corrected chi connectivity index (χ4v) is 4.65. The Bertz CT molecular complexity index is 741. The maximum atomic E-state index is 12.6. The molecule has 0 radical (unpaired) electrons. The van der Waals surface area contributed by atoms with Crippen molar-refractivity contribution >= 4 is 26.7 Å². The van der Waals surface area contributed by atoms with Crippen LogP contribution in [-0.2, 0) is 10.0 Å².